The van der Waals surface area contributed by atoms with Crippen molar-refractivity contribution in [2.45, 2.75) is 0 Å². The Hall–Kier alpha value is -0.0300. The van der Waals surface area contributed by atoms with Crippen LogP contribution in [0.3, 0.4) is 0 Å². The van der Waals surface area contributed by atoms with E-state index in [0.717, 1.165) is 3.70 Å². The Labute approximate surface area is 71.6 Å². The van der Waals surface area contributed by atoms with Crippen molar-refractivity contribution in [1.82, 2.24) is 4.98 Å². The smallest absolute Gasteiger partial charge is 0.120 e. The van der Waals surface area contributed by atoms with Crippen LogP contribution in [0, 0.1) is 3.70 Å². The largest absolute Gasteiger partial charge is 0.397 e. The molecule has 0 unspecified atom stereocenters. The second kappa shape index (κ2) is 2.70. The number of nitrogen functional groups attached to an aromatic ring is 1. The van der Waals surface area contributed by atoms with Crippen molar-refractivity contribution in [2.24, 2.45) is 0 Å². The lowest BCUT2D eigenvalue weighted by Crippen LogP contribution is -1.87. The van der Waals surface area contributed by atoms with Crippen LogP contribution in [0.2, 0.25) is 5.02 Å². The van der Waals surface area contributed by atoms with E-state index in [1.807, 2.05) is 22.6 Å². The molecular formula is C5H4ClIN2. The molecule has 0 bridgehead atoms. The summed E-state index contributed by atoms with van der Waals surface area (Å²) in [5, 5.41) is 0.607. The Morgan fingerprint density at radius 1 is 1.67 bits per heavy atom. The molecule has 9 heavy (non-hydrogen) atoms. The number of anilines is 1. The Balaban J connectivity index is 3.17. The minimum Gasteiger partial charge on any atom is -0.397 e. The summed E-state index contributed by atoms with van der Waals surface area (Å²) < 4.78 is 0.781. The highest BCUT2D eigenvalue weighted by Crippen LogP contribution is 2.17. The van der Waals surface area contributed by atoms with Gasteiger partial charge < -0.3 is 5.73 Å². The van der Waals surface area contributed by atoms with Gasteiger partial charge >= 0.3 is 0 Å². The number of nitrogens with zero attached hydrogens (tertiary/aromatic N) is 1. The maximum Gasteiger partial charge on any atom is 0.120 e. The van der Waals surface area contributed by atoms with Crippen molar-refractivity contribution in [3.63, 3.8) is 0 Å². The van der Waals surface area contributed by atoms with Gasteiger partial charge in [0.25, 0.3) is 0 Å². The molecule has 0 atom stereocenters. The molecule has 0 amide bonds. The molecule has 1 aromatic heterocycles. The normalized spacial score (nSPS) is 9.56. The van der Waals surface area contributed by atoms with Crippen LogP contribution in [0.5, 0.6) is 0 Å². The van der Waals surface area contributed by atoms with Gasteiger partial charge in [-0.1, -0.05) is 11.6 Å². The zero-order valence-corrected chi connectivity index (χ0v) is 7.35. The van der Waals surface area contributed by atoms with Crippen LogP contribution in [0.1, 0.15) is 0 Å². The average Bonchev–Trinajstić information content (AvgIpc) is 1.80. The number of hydrogen-bond donors (Lipinski definition) is 1. The molecule has 0 saturated carbocycles. The lowest BCUT2D eigenvalue weighted by Gasteiger charge is -1.93. The molecule has 48 valence electrons. The van der Waals surface area contributed by atoms with Gasteiger partial charge in [0.05, 0.1) is 16.9 Å². The Kier molecular flexibility index (Phi) is 2.13. The van der Waals surface area contributed by atoms with E-state index in [9.17, 15) is 0 Å². The third-order valence-corrected chi connectivity index (χ3v) is 2.28. The van der Waals surface area contributed by atoms with Crippen LogP contribution >= 0.6 is 34.2 Å². The number of rotatable bonds is 0. The van der Waals surface area contributed by atoms with E-state index in [2.05, 4.69) is 4.98 Å². The van der Waals surface area contributed by atoms with E-state index < -0.39 is 0 Å². The number of aromatic nitrogens is 1. The van der Waals surface area contributed by atoms with Crippen molar-refractivity contribution in [3.05, 3.63) is 21.0 Å². The Morgan fingerprint density at radius 2 is 2.33 bits per heavy atom. The Morgan fingerprint density at radius 3 is 2.78 bits per heavy atom. The van der Waals surface area contributed by atoms with Crippen LogP contribution in [0.25, 0.3) is 0 Å². The molecule has 0 spiro atoms. The fourth-order valence-electron chi connectivity index (χ4n) is 0.436. The van der Waals surface area contributed by atoms with E-state index >= 15 is 0 Å². The molecule has 4 heteroatoms. The van der Waals surface area contributed by atoms with E-state index in [1.165, 1.54) is 0 Å². The first-order valence-corrected chi connectivity index (χ1v) is 3.72. The fourth-order valence-corrected chi connectivity index (χ4v) is 0.906. The van der Waals surface area contributed by atoms with Gasteiger partial charge in [0.2, 0.25) is 0 Å². The van der Waals surface area contributed by atoms with E-state index in [-0.39, 0.29) is 0 Å². The molecule has 0 aliphatic rings. The summed E-state index contributed by atoms with van der Waals surface area (Å²) in [4.78, 5) is 3.91. The van der Waals surface area contributed by atoms with Gasteiger partial charge in [-0.05, 0) is 28.7 Å². The SMILES string of the molecule is Nc1cnc(I)c(Cl)c1. The average molecular weight is 254 g/mol. The molecule has 0 aliphatic heterocycles. The Bertz CT molecular complexity index is 226. The predicted octanol–water partition coefficient (Wildman–Crippen LogP) is 1.92. The quantitative estimate of drug-likeness (QED) is 0.567. The zero-order chi connectivity index (χ0) is 6.85. The summed E-state index contributed by atoms with van der Waals surface area (Å²) in [5.74, 6) is 0. The third-order valence-electron chi connectivity index (χ3n) is 0.817. The number of halogens is 2. The zero-order valence-electron chi connectivity index (χ0n) is 4.44. The first-order chi connectivity index (χ1) is 4.20. The van der Waals surface area contributed by atoms with Crippen molar-refractivity contribution < 1.29 is 0 Å². The van der Waals surface area contributed by atoms with Crippen molar-refractivity contribution >= 4 is 39.9 Å². The lowest BCUT2D eigenvalue weighted by molar-refractivity contribution is 1.28. The highest BCUT2D eigenvalue weighted by Gasteiger charge is 1.95. The summed E-state index contributed by atoms with van der Waals surface area (Å²) in [6.07, 6.45) is 1.58. The van der Waals surface area contributed by atoms with Gasteiger partial charge in [-0.25, -0.2) is 4.98 Å². The highest BCUT2D eigenvalue weighted by molar-refractivity contribution is 14.1. The molecule has 0 fully saturated rings. The minimum atomic E-state index is 0.598. The van der Waals surface area contributed by atoms with Gasteiger partial charge in [0, 0.05) is 0 Å². The van der Waals surface area contributed by atoms with Crippen molar-refractivity contribution in [1.29, 1.82) is 0 Å². The standard InChI is InChI=1S/C5H4ClIN2/c6-4-1-3(8)2-9-5(4)7/h1-2H,8H2. The third kappa shape index (κ3) is 1.69. The van der Waals surface area contributed by atoms with Crippen LogP contribution in [-0.4, -0.2) is 4.98 Å². The maximum absolute atomic E-state index is 5.66. The number of pyridine rings is 1. The summed E-state index contributed by atoms with van der Waals surface area (Å²) in [5.41, 5.74) is 5.97. The summed E-state index contributed by atoms with van der Waals surface area (Å²) >= 11 is 7.71. The van der Waals surface area contributed by atoms with E-state index in [0.29, 0.717) is 10.7 Å². The molecule has 0 radical (unpaired) electrons. The second-order valence-corrected chi connectivity index (χ2v) is 2.97. The number of nitrogens with two attached hydrogens (primary N) is 1. The van der Waals surface area contributed by atoms with Crippen LogP contribution in [-0.2, 0) is 0 Å². The van der Waals surface area contributed by atoms with Gasteiger partial charge in [0.15, 0.2) is 0 Å². The molecule has 2 N–H and O–H groups in total. The highest BCUT2D eigenvalue weighted by atomic mass is 127. The van der Waals surface area contributed by atoms with Crippen LogP contribution in [0.15, 0.2) is 12.3 Å². The second-order valence-electron chi connectivity index (χ2n) is 1.54. The number of hydrogen-bond acceptors (Lipinski definition) is 2. The molecule has 0 aromatic carbocycles. The molecule has 1 rings (SSSR count). The van der Waals surface area contributed by atoms with E-state index in [4.69, 9.17) is 17.3 Å². The van der Waals surface area contributed by atoms with E-state index in [1.54, 1.807) is 12.3 Å². The molecule has 1 heterocycles. The van der Waals surface area contributed by atoms with Crippen LogP contribution < -0.4 is 5.73 Å². The first kappa shape index (κ1) is 7.08. The summed E-state index contributed by atoms with van der Waals surface area (Å²) in [6, 6.07) is 1.68. The van der Waals surface area contributed by atoms with Gasteiger partial charge in [-0.2, -0.15) is 0 Å². The van der Waals surface area contributed by atoms with Gasteiger partial charge in [-0.3, -0.25) is 0 Å². The molecule has 1 aromatic rings. The first-order valence-electron chi connectivity index (χ1n) is 2.26. The van der Waals surface area contributed by atoms with Crippen LogP contribution in [0.4, 0.5) is 5.69 Å². The molecule has 0 aliphatic carbocycles. The monoisotopic (exact) mass is 254 g/mol. The van der Waals surface area contributed by atoms with Crippen molar-refractivity contribution in [2.75, 3.05) is 5.73 Å². The fraction of sp³-hybridized carbons (Fsp3) is 0. The molecule has 0 saturated heterocycles. The summed E-state index contributed by atoms with van der Waals surface area (Å²) in [6.45, 7) is 0. The minimum absolute atomic E-state index is 0.598. The van der Waals surface area contributed by atoms with Crippen molar-refractivity contribution in [3.8, 4) is 0 Å². The summed E-state index contributed by atoms with van der Waals surface area (Å²) in [7, 11) is 0. The van der Waals surface area contributed by atoms with Gasteiger partial charge in [-0.15, -0.1) is 0 Å². The molecule has 2 nitrogen and oxygen atoms in total. The molecular weight excluding hydrogens is 250 g/mol. The predicted molar refractivity (Wildman–Crippen MR) is 46.4 cm³/mol. The van der Waals surface area contributed by atoms with Gasteiger partial charge in [0.1, 0.15) is 3.70 Å². The lowest BCUT2D eigenvalue weighted by atomic mass is 10.4. The maximum atomic E-state index is 5.66. The topological polar surface area (TPSA) is 38.9 Å².